The van der Waals surface area contributed by atoms with Crippen LogP contribution in [-0.2, 0) is 11.8 Å². The van der Waals surface area contributed by atoms with Gasteiger partial charge in [-0.1, -0.05) is 12.1 Å². The molecule has 0 aliphatic carbocycles. The van der Waals surface area contributed by atoms with E-state index >= 15 is 0 Å². The van der Waals surface area contributed by atoms with E-state index < -0.39 is 0 Å². The van der Waals surface area contributed by atoms with E-state index in [1.165, 1.54) is 0 Å². The highest BCUT2D eigenvalue weighted by Gasteiger charge is 2.18. The molecule has 3 aromatic rings. The van der Waals surface area contributed by atoms with Crippen molar-refractivity contribution >= 4 is 5.91 Å². The Hall–Kier alpha value is -3.19. The number of rotatable bonds is 7. The fourth-order valence-corrected chi connectivity index (χ4v) is 2.85. The molecule has 0 aliphatic rings. The molecule has 7 heteroatoms. The molecule has 3 rings (SSSR count). The summed E-state index contributed by atoms with van der Waals surface area (Å²) in [5.74, 6) is 0.368. The molecule has 1 aromatic carbocycles. The lowest BCUT2D eigenvalue weighted by Crippen LogP contribution is -2.32. The Morgan fingerprint density at radius 1 is 1.19 bits per heavy atom. The number of amides is 1. The summed E-state index contributed by atoms with van der Waals surface area (Å²) in [4.78, 5) is 17.0. The second kappa shape index (κ2) is 8.46. The van der Waals surface area contributed by atoms with E-state index in [0.717, 1.165) is 16.8 Å². The molecule has 0 aliphatic heterocycles. The topological polar surface area (TPSA) is 78.3 Å². The second-order valence-electron chi connectivity index (χ2n) is 6.03. The van der Waals surface area contributed by atoms with Crippen LogP contribution in [0.2, 0.25) is 0 Å². The van der Waals surface area contributed by atoms with Crippen molar-refractivity contribution in [3.05, 3.63) is 66.1 Å². The number of methoxy groups -OCH3 is 2. The van der Waals surface area contributed by atoms with Gasteiger partial charge in [0.25, 0.3) is 5.91 Å². The van der Waals surface area contributed by atoms with Crippen molar-refractivity contribution in [2.75, 3.05) is 20.8 Å². The summed E-state index contributed by atoms with van der Waals surface area (Å²) in [5.41, 5.74) is 3.25. The van der Waals surface area contributed by atoms with E-state index in [-0.39, 0.29) is 11.9 Å². The van der Waals surface area contributed by atoms with Gasteiger partial charge in [0.1, 0.15) is 0 Å². The van der Waals surface area contributed by atoms with Crippen molar-refractivity contribution in [3.63, 3.8) is 0 Å². The fraction of sp³-hybridized carbons (Fsp3) is 0.250. The first kappa shape index (κ1) is 18.6. The summed E-state index contributed by atoms with van der Waals surface area (Å²) >= 11 is 0. The summed E-state index contributed by atoms with van der Waals surface area (Å²) in [7, 11) is 5.01. The first-order valence-electron chi connectivity index (χ1n) is 8.50. The number of nitrogens with one attached hydrogen (secondary N) is 1. The first-order valence-corrected chi connectivity index (χ1v) is 8.50. The lowest BCUT2D eigenvalue weighted by atomic mass is 10.0. The molecule has 0 spiro atoms. The fourth-order valence-electron chi connectivity index (χ4n) is 2.85. The van der Waals surface area contributed by atoms with Gasteiger partial charge in [-0.15, -0.1) is 0 Å². The summed E-state index contributed by atoms with van der Waals surface area (Å²) in [6, 6.07) is 12.7. The van der Waals surface area contributed by atoms with Gasteiger partial charge in [-0.25, -0.2) is 4.98 Å². The average molecular weight is 366 g/mol. The monoisotopic (exact) mass is 366 g/mol. The highest BCUT2D eigenvalue weighted by molar-refractivity contribution is 5.95. The minimum absolute atomic E-state index is 0.179. The Labute approximate surface area is 158 Å². The van der Waals surface area contributed by atoms with E-state index in [4.69, 9.17) is 9.47 Å². The predicted molar refractivity (Wildman–Crippen MR) is 102 cm³/mol. The Morgan fingerprint density at radius 2 is 2.04 bits per heavy atom. The highest BCUT2D eigenvalue weighted by atomic mass is 16.5. The van der Waals surface area contributed by atoms with Gasteiger partial charge in [0.05, 0.1) is 25.5 Å². The number of ether oxygens (including phenoxy) is 2. The molecular formula is C20H22N4O3. The van der Waals surface area contributed by atoms with E-state index in [1.807, 2.05) is 37.4 Å². The molecule has 140 valence electrons. The van der Waals surface area contributed by atoms with Crippen LogP contribution < -0.4 is 10.1 Å². The normalized spacial score (nSPS) is 11.8. The Bertz CT molecular complexity index is 906. The number of hydrogen-bond donors (Lipinski definition) is 1. The Kier molecular flexibility index (Phi) is 5.83. The predicted octanol–water partition coefficient (Wildman–Crippen LogP) is 2.61. The molecule has 7 nitrogen and oxygen atoms in total. The number of pyridine rings is 1. The molecule has 1 N–H and O–H groups in total. The third-order valence-electron chi connectivity index (χ3n) is 4.26. The zero-order chi connectivity index (χ0) is 19.2. The lowest BCUT2D eigenvalue weighted by Gasteiger charge is -2.18. The van der Waals surface area contributed by atoms with Crippen molar-refractivity contribution in [1.82, 2.24) is 20.1 Å². The standard InChI is InChI=1S/C20H22N4O3/c1-24-18(9-10-22-24)17(13-26-2)23-20(25)15-6-4-5-14(11-15)16-7-8-19(27-3)21-12-16/h4-12,17H,13H2,1-3H3,(H,23,25)/t17-/m0/s1. The molecule has 0 unspecified atom stereocenters. The third-order valence-corrected chi connectivity index (χ3v) is 4.26. The maximum absolute atomic E-state index is 12.8. The van der Waals surface area contributed by atoms with Gasteiger partial charge in [0.2, 0.25) is 5.88 Å². The molecule has 0 radical (unpaired) electrons. The van der Waals surface area contributed by atoms with Crippen LogP contribution in [0.3, 0.4) is 0 Å². The maximum atomic E-state index is 12.8. The smallest absolute Gasteiger partial charge is 0.251 e. The van der Waals surface area contributed by atoms with Gasteiger partial charge >= 0.3 is 0 Å². The van der Waals surface area contributed by atoms with E-state index in [9.17, 15) is 4.79 Å². The minimum atomic E-state index is -0.290. The van der Waals surface area contributed by atoms with Crippen molar-refractivity contribution in [3.8, 4) is 17.0 Å². The van der Waals surface area contributed by atoms with Gasteiger partial charge < -0.3 is 14.8 Å². The minimum Gasteiger partial charge on any atom is -0.481 e. The van der Waals surface area contributed by atoms with Crippen molar-refractivity contribution in [2.45, 2.75) is 6.04 Å². The van der Waals surface area contributed by atoms with Crippen LogP contribution in [0, 0.1) is 0 Å². The maximum Gasteiger partial charge on any atom is 0.251 e. The molecule has 0 saturated carbocycles. The lowest BCUT2D eigenvalue weighted by molar-refractivity contribution is 0.0892. The summed E-state index contributed by atoms with van der Waals surface area (Å²) < 4.78 is 12.1. The zero-order valence-electron chi connectivity index (χ0n) is 15.5. The molecule has 0 saturated heterocycles. The van der Waals surface area contributed by atoms with E-state index in [1.54, 1.807) is 43.4 Å². The largest absolute Gasteiger partial charge is 0.481 e. The molecule has 1 atom stereocenters. The first-order chi connectivity index (χ1) is 13.1. The van der Waals surface area contributed by atoms with Gasteiger partial charge in [0, 0.05) is 43.7 Å². The van der Waals surface area contributed by atoms with E-state index in [0.29, 0.717) is 18.1 Å². The second-order valence-corrected chi connectivity index (χ2v) is 6.03. The molecule has 0 bridgehead atoms. The van der Waals surface area contributed by atoms with Crippen LogP contribution in [0.25, 0.3) is 11.1 Å². The Balaban J connectivity index is 1.80. The van der Waals surface area contributed by atoms with Gasteiger partial charge in [-0.05, 0) is 29.8 Å². The third kappa shape index (κ3) is 4.32. The van der Waals surface area contributed by atoms with Crippen LogP contribution in [0.4, 0.5) is 0 Å². The van der Waals surface area contributed by atoms with Crippen molar-refractivity contribution in [1.29, 1.82) is 0 Å². The number of carbonyl (C=O) groups is 1. The van der Waals surface area contributed by atoms with Crippen LogP contribution in [0.5, 0.6) is 5.88 Å². The molecule has 2 aromatic heterocycles. The summed E-state index contributed by atoms with van der Waals surface area (Å²) in [6.07, 6.45) is 3.42. The summed E-state index contributed by atoms with van der Waals surface area (Å²) in [5, 5.41) is 7.17. The number of aromatic nitrogens is 3. The number of carbonyl (C=O) groups excluding carboxylic acids is 1. The molecular weight excluding hydrogens is 344 g/mol. The van der Waals surface area contributed by atoms with Crippen molar-refractivity contribution < 1.29 is 14.3 Å². The van der Waals surface area contributed by atoms with Crippen molar-refractivity contribution in [2.24, 2.45) is 7.05 Å². The van der Waals surface area contributed by atoms with Crippen LogP contribution >= 0.6 is 0 Å². The SMILES string of the molecule is COC[C@H](NC(=O)c1cccc(-c2ccc(OC)nc2)c1)c1ccnn1C. The van der Waals surface area contributed by atoms with Gasteiger partial charge in [-0.2, -0.15) is 5.10 Å². The molecule has 1 amide bonds. The van der Waals surface area contributed by atoms with Crippen LogP contribution in [0.15, 0.2) is 54.9 Å². The number of nitrogens with zero attached hydrogens (tertiary/aromatic N) is 3. The number of aryl methyl sites for hydroxylation is 1. The number of benzene rings is 1. The number of hydrogen-bond acceptors (Lipinski definition) is 5. The Morgan fingerprint density at radius 3 is 2.67 bits per heavy atom. The zero-order valence-corrected chi connectivity index (χ0v) is 15.5. The molecule has 0 fully saturated rings. The van der Waals surface area contributed by atoms with Crippen LogP contribution in [0.1, 0.15) is 22.1 Å². The average Bonchev–Trinajstić information content (AvgIpc) is 3.13. The molecule has 2 heterocycles. The van der Waals surface area contributed by atoms with Gasteiger partial charge in [-0.3, -0.25) is 9.48 Å². The van der Waals surface area contributed by atoms with E-state index in [2.05, 4.69) is 15.4 Å². The summed E-state index contributed by atoms with van der Waals surface area (Å²) in [6.45, 7) is 0.355. The van der Waals surface area contributed by atoms with Crippen LogP contribution in [-0.4, -0.2) is 41.5 Å². The van der Waals surface area contributed by atoms with Gasteiger partial charge in [0.15, 0.2) is 0 Å². The molecule has 27 heavy (non-hydrogen) atoms. The quantitative estimate of drug-likeness (QED) is 0.695. The highest BCUT2D eigenvalue weighted by Crippen LogP contribution is 2.22.